The van der Waals surface area contributed by atoms with E-state index in [9.17, 15) is 9.59 Å². The van der Waals surface area contributed by atoms with Crippen LogP contribution in [0.3, 0.4) is 0 Å². The summed E-state index contributed by atoms with van der Waals surface area (Å²) in [5.74, 6) is -0.379. The van der Waals surface area contributed by atoms with Gasteiger partial charge in [0.1, 0.15) is 6.04 Å². The molecule has 0 aliphatic carbocycles. The second kappa shape index (κ2) is 7.37. The normalized spacial score (nSPS) is 15.3. The molecule has 4 rings (SSSR count). The summed E-state index contributed by atoms with van der Waals surface area (Å²) >= 11 is 3.45. The molecule has 0 radical (unpaired) electrons. The Kier molecular flexibility index (Phi) is 4.77. The molecule has 0 saturated carbocycles. The molecule has 1 aliphatic heterocycles. The molecule has 5 heteroatoms. The highest BCUT2D eigenvalue weighted by Gasteiger charge is 2.38. The second-order valence-electron chi connectivity index (χ2n) is 6.36. The minimum absolute atomic E-state index is 0.173. The molecular formula is C22H17BrN2O2. The molecule has 4 nitrogen and oxygen atoms in total. The van der Waals surface area contributed by atoms with E-state index in [-0.39, 0.29) is 11.8 Å². The number of fused-ring (bicyclic) bond motifs is 1. The molecular weight excluding hydrogens is 404 g/mol. The molecule has 1 aliphatic rings. The van der Waals surface area contributed by atoms with Gasteiger partial charge < -0.3 is 5.32 Å². The van der Waals surface area contributed by atoms with Crippen LogP contribution in [0.25, 0.3) is 0 Å². The minimum Gasteiger partial charge on any atom is -0.323 e. The summed E-state index contributed by atoms with van der Waals surface area (Å²) in [7, 11) is 0. The predicted octanol–water partition coefficient (Wildman–Crippen LogP) is 4.66. The maximum absolute atomic E-state index is 13.2. The van der Waals surface area contributed by atoms with E-state index < -0.39 is 6.04 Å². The van der Waals surface area contributed by atoms with E-state index >= 15 is 0 Å². The van der Waals surface area contributed by atoms with Crippen LogP contribution in [0.15, 0.2) is 83.3 Å². The van der Waals surface area contributed by atoms with E-state index in [4.69, 9.17) is 0 Å². The van der Waals surface area contributed by atoms with Crippen LogP contribution in [0, 0.1) is 0 Å². The lowest BCUT2D eigenvalue weighted by atomic mass is 10.1. The minimum atomic E-state index is -0.595. The number of nitrogens with zero attached hydrogens (tertiary/aromatic N) is 1. The molecule has 3 aromatic carbocycles. The van der Waals surface area contributed by atoms with Crippen LogP contribution in [0.2, 0.25) is 0 Å². The van der Waals surface area contributed by atoms with E-state index in [2.05, 4.69) is 21.2 Å². The molecule has 27 heavy (non-hydrogen) atoms. The third kappa shape index (κ3) is 3.38. The Bertz CT molecular complexity index is 1000. The number of amides is 2. The number of rotatable bonds is 3. The first-order valence-electron chi connectivity index (χ1n) is 8.67. The van der Waals surface area contributed by atoms with Crippen molar-refractivity contribution in [3.8, 4) is 0 Å². The Hall–Kier alpha value is -2.92. The number of anilines is 2. The molecule has 134 valence electrons. The molecule has 0 spiro atoms. The lowest BCUT2D eigenvalue weighted by molar-refractivity contribution is -0.117. The van der Waals surface area contributed by atoms with Gasteiger partial charge in [-0.25, -0.2) is 0 Å². The van der Waals surface area contributed by atoms with Crippen LogP contribution >= 0.6 is 15.9 Å². The summed E-state index contributed by atoms with van der Waals surface area (Å²) < 4.78 is 0.801. The summed E-state index contributed by atoms with van der Waals surface area (Å²) in [6.07, 6.45) is 0.491. The highest BCUT2D eigenvalue weighted by atomic mass is 79.9. The fourth-order valence-electron chi connectivity index (χ4n) is 3.35. The van der Waals surface area contributed by atoms with E-state index in [1.54, 1.807) is 17.0 Å². The molecule has 1 heterocycles. The van der Waals surface area contributed by atoms with E-state index in [0.29, 0.717) is 17.7 Å². The molecule has 0 bridgehead atoms. The lowest BCUT2D eigenvalue weighted by Gasteiger charge is -2.25. The zero-order valence-corrected chi connectivity index (χ0v) is 16.0. The first-order chi connectivity index (χ1) is 13.1. The van der Waals surface area contributed by atoms with Crippen molar-refractivity contribution in [3.05, 3.63) is 94.5 Å². The number of para-hydroxylation sites is 2. The fraction of sp³-hybridized carbons (Fsp3) is 0.0909. The van der Waals surface area contributed by atoms with E-state index in [0.717, 1.165) is 15.7 Å². The average Bonchev–Trinajstić information content (AvgIpc) is 3.09. The Labute approximate surface area is 165 Å². The van der Waals surface area contributed by atoms with Crippen molar-refractivity contribution in [1.82, 2.24) is 0 Å². The number of hydrogen-bond donors (Lipinski definition) is 1. The summed E-state index contributed by atoms with van der Waals surface area (Å²) in [5, 5.41) is 2.94. The number of carbonyl (C=O) groups excluding carboxylic acids is 2. The fourth-order valence-corrected chi connectivity index (χ4v) is 3.73. The Balaban J connectivity index is 1.68. The number of benzene rings is 3. The van der Waals surface area contributed by atoms with Crippen LogP contribution in [-0.4, -0.2) is 17.9 Å². The maximum Gasteiger partial charge on any atom is 0.259 e. The summed E-state index contributed by atoms with van der Waals surface area (Å²) in [4.78, 5) is 27.8. The molecule has 1 atom stereocenters. The van der Waals surface area contributed by atoms with Gasteiger partial charge in [0.15, 0.2) is 0 Å². The van der Waals surface area contributed by atoms with Crippen molar-refractivity contribution >= 4 is 39.1 Å². The van der Waals surface area contributed by atoms with Crippen molar-refractivity contribution in [2.45, 2.75) is 12.5 Å². The van der Waals surface area contributed by atoms with Gasteiger partial charge in [-0.1, -0.05) is 48.5 Å². The van der Waals surface area contributed by atoms with Crippen molar-refractivity contribution < 1.29 is 9.59 Å². The Morgan fingerprint density at radius 3 is 2.33 bits per heavy atom. The van der Waals surface area contributed by atoms with Gasteiger partial charge >= 0.3 is 0 Å². The van der Waals surface area contributed by atoms with E-state index in [1.165, 1.54) is 0 Å². The summed E-state index contributed by atoms with van der Waals surface area (Å²) in [5.41, 5.74) is 3.03. The van der Waals surface area contributed by atoms with Crippen molar-refractivity contribution in [2.75, 3.05) is 10.2 Å². The SMILES string of the molecule is O=C(Nc1ccccc1Br)[C@@H]1Cc2ccccc2N1C(=O)c1ccccc1. The van der Waals surface area contributed by atoms with Gasteiger partial charge in [0.25, 0.3) is 5.91 Å². The van der Waals surface area contributed by atoms with Gasteiger partial charge in [-0.05, 0) is 51.8 Å². The lowest BCUT2D eigenvalue weighted by Crippen LogP contribution is -2.45. The molecule has 0 aromatic heterocycles. The monoisotopic (exact) mass is 420 g/mol. The van der Waals surface area contributed by atoms with Crippen molar-refractivity contribution in [3.63, 3.8) is 0 Å². The van der Waals surface area contributed by atoms with Crippen molar-refractivity contribution in [1.29, 1.82) is 0 Å². The van der Waals surface area contributed by atoms with Gasteiger partial charge in [-0.3, -0.25) is 14.5 Å². The smallest absolute Gasteiger partial charge is 0.259 e. The largest absolute Gasteiger partial charge is 0.323 e. The highest BCUT2D eigenvalue weighted by Crippen LogP contribution is 2.34. The van der Waals surface area contributed by atoms with Gasteiger partial charge in [-0.15, -0.1) is 0 Å². The number of halogens is 1. The summed E-state index contributed by atoms with van der Waals surface area (Å²) in [6.45, 7) is 0. The van der Waals surface area contributed by atoms with Gasteiger partial charge in [0.05, 0.1) is 5.69 Å². The first kappa shape index (κ1) is 17.5. The van der Waals surface area contributed by atoms with Gasteiger partial charge in [0, 0.05) is 22.1 Å². The predicted molar refractivity (Wildman–Crippen MR) is 110 cm³/mol. The van der Waals surface area contributed by atoms with Crippen molar-refractivity contribution in [2.24, 2.45) is 0 Å². The third-order valence-electron chi connectivity index (χ3n) is 4.65. The van der Waals surface area contributed by atoms with Gasteiger partial charge in [-0.2, -0.15) is 0 Å². The average molecular weight is 421 g/mol. The first-order valence-corrected chi connectivity index (χ1v) is 9.46. The van der Waals surface area contributed by atoms with E-state index in [1.807, 2.05) is 66.7 Å². The molecule has 1 N–H and O–H groups in total. The molecule has 0 saturated heterocycles. The standard InChI is InChI=1S/C22H17BrN2O2/c23-17-11-5-6-12-18(17)24-21(26)20-14-16-10-4-7-13-19(16)25(20)22(27)15-8-2-1-3-9-15/h1-13,20H,14H2,(H,24,26)/t20-/m0/s1. The van der Waals surface area contributed by atoms with Crippen LogP contribution < -0.4 is 10.2 Å². The van der Waals surface area contributed by atoms with Crippen LogP contribution in [0.5, 0.6) is 0 Å². The molecule has 2 amide bonds. The zero-order valence-electron chi connectivity index (χ0n) is 14.4. The molecule has 3 aromatic rings. The second-order valence-corrected chi connectivity index (χ2v) is 7.21. The molecule has 0 unspecified atom stereocenters. The quantitative estimate of drug-likeness (QED) is 0.669. The highest BCUT2D eigenvalue weighted by molar-refractivity contribution is 9.10. The van der Waals surface area contributed by atoms with Gasteiger partial charge in [0.2, 0.25) is 5.91 Å². The number of hydrogen-bond acceptors (Lipinski definition) is 2. The van der Waals surface area contributed by atoms with Crippen LogP contribution in [0.1, 0.15) is 15.9 Å². The van der Waals surface area contributed by atoms with Crippen LogP contribution in [-0.2, 0) is 11.2 Å². The molecule has 0 fully saturated rings. The maximum atomic E-state index is 13.2. The Morgan fingerprint density at radius 2 is 1.56 bits per heavy atom. The third-order valence-corrected chi connectivity index (χ3v) is 5.34. The Morgan fingerprint density at radius 1 is 0.889 bits per heavy atom. The number of carbonyl (C=O) groups is 2. The topological polar surface area (TPSA) is 49.4 Å². The number of nitrogens with one attached hydrogen (secondary N) is 1. The zero-order chi connectivity index (χ0) is 18.8. The van der Waals surface area contributed by atoms with Crippen LogP contribution in [0.4, 0.5) is 11.4 Å². The summed E-state index contributed by atoms with van der Waals surface area (Å²) in [6, 6.07) is 23.6.